The summed E-state index contributed by atoms with van der Waals surface area (Å²) in [5, 5.41) is 7.03. The van der Waals surface area contributed by atoms with E-state index in [9.17, 15) is 0 Å². The molecule has 4 unspecified atom stereocenters. The van der Waals surface area contributed by atoms with E-state index in [0.29, 0.717) is 12.3 Å². The highest BCUT2D eigenvalue weighted by Gasteiger charge is 2.20. The van der Waals surface area contributed by atoms with Crippen LogP contribution in [0.3, 0.4) is 0 Å². The Morgan fingerprint density at radius 2 is 1.19 bits per heavy atom. The molecule has 4 atom stereocenters. The largest absolute Gasteiger partial charge is 0.301 e. The number of hydrogen-bond acceptors (Lipinski definition) is 4. The summed E-state index contributed by atoms with van der Waals surface area (Å²) >= 11 is 0. The zero-order valence-corrected chi connectivity index (χ0v) is 10.6. The molecular weight excluding hydrogens is 200 g/mol. The van der Waals surface area contributed by atoms with Gasteiger partial charge in [-0.1, -0.05) is 13.8 Å². The fraction of sp³-hybridized carbons (Fsp3) is 1.00. The van der Waals surface area contributed by atoms with Gasteiger partial charge in [-0.15, -0.1) is 0 Å². The Hall–Kier alpha value is -0.160. The Balaban J connectivity index is 1.60. The standard InChI is InChI=1S/C12H26N4/c1-9-3-5-11(13-7-9)15-16-12-6-4-10(2)8-14-12/h9-16H,3-8H2,1-2H3. The molecule has 0 aromatic heterocycles. The molecule has 0 aliphatic carbocycles. The Morgan fingerprint density at radius 3 is 1.50 bits per heavy atom. The van der Waals surface area contributed by atoms with Crippen molar-refractivity contribution in [2.45, 2.75) is 51.9 Å². The molecule has 2 fully saturated rings. The van der Waals surface area contributed by atoms with Gasteiger partial charge in [0.1, 0.15) is 0 Å². The predicted molar refractivity (Wildman–Crippen MR) is 66.6 cm³/mol. The van der Waals surface area contributed by atoms with Crippen molar-refractivity contribution in [2.24, 2.45) is 11.8 Å². The molecule has 2 heterocycles. The lowest BCUT2D eigenvalue weighted by Crippen LogP contribution is -2.59. The van der Waals surface area contributed by atoms with Crippen LogP contribution < -0.4 is 21.5 Å². The summed E-state index contributed by atoms with van der Waals surface area (Å²) in [7, 11) is 0. The Bertz CT molecular complexity index is 171. The van der Waals surface area contributed by atoms with E-state index < -0.39 is 0 Å². The van der Waals surface area contributed by atoms with Gasteiger partial charge in [-0.3, -0.25) is 0 Å². The number of hydrogen-bond donors (Lipinski definition) is 4. The average molecular weight is 226 g/mol. The maximum Gasteiger partial charge on any atom is 0.0704 e. The van der Waals surface area contributed by atoms with Crippen molar-refractivity contribution >= 4 is 0 Å². The summed E-state index contributed by atoms with van der Waals surface area (Å²) in [4.78, 5) is 0. The smallest absolute Gasteiger partial charge is 0.0704 e. The van der Waals surface area contributed by atoms with Crippen LogP contribution in [0.1, 0.15) is 39.5 Å². The molecule has 0 radical (unpaired) electrons. The van der Waals surface area contributed by atoms with Gasteiger partial charge in [0.2, 0.25) is 0 Å². The second kappa shape index (κ2) is 5.96. The lowest BCUT2D eigenvalue weighted by atomic mass is 10.00. The van der Waals surface area contributed by atoms with Crippen molar-refractivity contribution in [3.05, 3.63) is 0 Å². The fourth-order valence-corrected chi connectivity index (χ4v) is 2.45. The normalized spacial score (nSPS) is 40.9. The minimum absolute atomic E-state index is 0.442. The summed E-state index contributed by atoms with van der Waals surface area (Å²) in [6, 6.07) is 0. The first-order valence-corrected chi connectivity index (χ1v) is 6.72. The van der Waals surface area contributed by atoms with E-state index >= 15 is 0 Å². The number of nitrogens with one attached hydrogen (secondary N) is 4. The summed E-state index contributed by atoms with van der Waals surface area (Å²) < 4.78 is 0. The molecule has 0 saturated carbocycles. The molecule has 0 aromatic rings. The molecule has 2 aliphatic heterocycles. The Labute approximate surface area is 98.9 Å². The van der Waals surface area contributed by atoms with E-state index in [1.165, 1.54) is 25.7 Å². The topological polar surface area (TPSA) is 48.1 Å². The maximum absolute atomic E-state index is 3.52. The monoisotopic (exact) mass is 226 g/mol. The number of piperidine rings is 2. The van der Waals surface area contributed by atoms with E-state index in [4.69, 9.17) is 0 Å². The van der Waals surface area contributed by atoms with Gasteiger partial charge >= 0.3 is 0 Å². The zero-order chi connectivity index (χ0) is 11.4. The van der Waals surface area contributed by atoms with E-state index in [2.05, 4.69) is 35.3 Å². The van der Waals surface area contributed by atoms with Gasteiger partial charge in [0.25, 0.3) is 0 Å². The highest BCUT2D eigenvalue weighted by molar-refractivity contribution is 4.76. The molecule has 4 heteroatoms. The van der Waals surface area contributed by atoms with Gasteiger partial charge in [-0.2, -0.15) is 0 Å². The van der Waals surface area contributed by atoms with Crippen LogP contribution in [0.4, 0.5) is 0 Å². The quantitative estimate of drug-likeness (QED) is 0.537. The van der Waals surface area contributed by atoms with Gasteiger partial charge < -0.3 is 10.6 Å². The molecule has 0 spiro atoms. The molecule has 0 aromatic carbocycles. The molecule has 16 heavy (non-hydrogen) atoms. The lowest BCUT2D eigenvalue weighted by Gasteiger charge is -2.33. The van der Waals surface area contributed by atoms with Crippen LogP contribution in [0.15, 0.2) is 0 Å². The third kappa shape index (κ3) is 3.70. The zero-order valence-electron chi connectivity index (χ0n) is 10.6. The van der Waals surface area contributed by atoms with Crippen molar-refractivity contribution in [1.29, 1.82) is 0 Å². The van der Waals surface area contributed by atoms with Crippen molar-refractivity contribution in [3.8, 4) is 0 Å². The first-order chi connectivity index (χ1) is 7.74. The van der Waals surface area contributed by atoms with E-state index in [-0.39, 0.29) is 0 Å². The first kappa shape index (κ1) is 12.3. The molecule has 94 valence electrons. The van der Waals surface area contributed by atoms with Gasteiger partial charge in [0, 0.05) is 0 Å². The van der Waals surface area contributed by atoms with Crippen LogP contribution >= 0.6 is 0 Å². The third-order valence-corrected chi connectivity index (χ3v) is 3.75. The first-order valence-electron chi connectivity index (χ1n) is 6.72. The minimum atomic E-state index is 0.442. The van der Waals surface area contributed by atoms with E-state index in [0.717, 1.165) is 24.9 Å². The molecule has 2 aliphatic rings. The molecule has 4 nitrogen and oxygen atoms in total. The molecule has 0 bridgehead atoms. The second-order valence-corrected chi connectivity index (χ2v) is 5.58. The van der Waals surface area contributed by atoms with Gasteiger partial charge in [0.15, 0.2) is 0 Å². The van der Waals surface area contributed by atoms with Gasteiger partial charge in [-0.05, 0) is 50.6 Å². The van der Waals surface area contributed by atoms with E-state index in [1.807, 2.05) is 0 Å². The van der Waals surface area contributed by atoms with Crippen LogP contribution in [-0.2, 0) is 0 Å². The Morgan fingerprint density at radius 1 is 0.750 bits per heavy atom. The number of rotatable bonds is 3. The van der Waals surface area contributed by atoms with Crippen LogP contribution in [0.2, 0.25) is 0 Å². The summed E-state index contributed by atoms with van der Waals surface area (Å²) in [6.07, 6.45) is 5.96. The molecule has 2 saturated heterocycles. The summed E-state index contributed by atoms with van der Waals surface area (Å²) in [6.45, 7) is 6.88. The predicted octanol–water partition coefficient (Wildman–Crippen LogP) is 0.772. The lowest BCUT2D eigenvalue weighted by molar-refractivity contribution is 0.210. The van der Waals surface area contributed by atoms with E-state index in [1.54, 1.807) is 0 Å². The summed E-state index contributed by atoms with van der Waals surface area (Å²) in [5.74, 6) is 1.65. The number of hydrazine groups is 1. The van der Waals surface area contributed by atoms with Crippen molar-refractivity contribution in [3.63, 3.8) is 0 Å². The molecule has 4 N–H and O–H groups in total. The maximum atomic E-state index is 3.52. The fourth-order valence-electron chi connectivity index (χ4n) is 2.45. The minimum Gasteiger partial charge on any atom is -0.301 e. The highest BCUT2D eigenvalue weighted by Crippen LogP contribution is 2.13. The SMILES string of the molecule is CC1CCC(NNC2CCC(C)CN2)NC1. The van der Waals surface area contributed by atoms with Crippen LogP contribution in [0.25, 0.3) is 0 Å². The molecule has 0 amide bonds. The van der Waals surface area contributed by atoms with Crippen molar-refractivity contribution in [2.75, 3.05) is 13.1 Å². The second-order valence-electron chi connectivity index (χ2n) is 5.58. The van der Waals surface area contributed by atoms with Crippen LogP contribution in [0.5, 0.6) is 0 Å². The molecule has 2 rings (SSSR count). The highest BCUT2D eigenvalue weighted by atomic mass is 15.5. The van der Waals surface area contributed by atoms with Crippen LogP contribution in [0, 0.1) is 11.8 Å². The van der Waals surface area contributed by atoms with Crippen molar-refractivity contribution in [1.82, 2.24) is 21.5 Å². The van der Waals surface area contributed by atoms with Gasteiger partial charge in [0.05, 0.1) is 12.3 Å². The molecular formula is C12H26N4. The van der Waals surface area contributed by atoms with Crippen molar-refractivity contribution < 1.29 is 0 Å². The Kier molecular flexibility index (Phi) is 4.58. The third-order valence-electron chi connectivity index (χ3n) is 3.75. The summed E-state index contributed by atoms with van der Waals surface area (Å²) in [5.41, 5.74) is 6.81. The average Bonchev–Trinajstić information content (AvgIpc) is 2.30. The van der Waals surface area contributed by atoms with Crippen LogP contribution in [-0.4, -0.2) is 25.4 Å². The van der Waals surface area contributed by atoms with Gasteiger partial charge in [-0.25, -0.2) is 10.9 Å².